The summed E-state index contributed by atoms with van der Waals surface area (Å²) >= 11 is 0. The van der Waals surface area contributed by atoms with Crippen LogP contribution in [0.1, 0.15) is 18.4 Å². The molecule has 2 heterocycles. The summed E-state index contributed by atoms with van der Waals surface area (Å²) in [5.41, 5.74) is 1.15. The van der Waals surface area contributed by atoms with Gasteiger partial charge in [-0.2, -0.15) is 0 Å². The van der Waals surface area contributed by atoms with Crippen LogP contribution in [0.5, 0.6) is 5.75 Å². The molecular weight excluding hydrogens is 346 g/mol. The summed E-state index contributed by atoms with van der Waals surface area (Å²) in [5.74, 6) is -0.627. The summed E-state index contributed by atoms with van der Waals surface area (Å²) in [7, 11) is 1.63. The zero-order valence-electron chi connectivity index (χ0n) is 15.2. The molecule has 142 valence electrons. The standard InChI is InChI=1S/C20H23N3O4/c1-26-17-7-3-2-6-16(17)20(8-11-27-12-9-20)14-22-18(24)19(25)23-15-5-4-10-21-13-15/h2-7,10,13H,8-9,11-12,14H2,1H3,(H,22,24)(H,23,25). The van der Waals surface area contributed by atoms with E-state index in [4.69, 9.17) is 9.47 Å². The number of anilines is 1. The van der Waals surface area contributed by atoms with E-state index >= 15 is 0 Å². The highest BCUT2D eigenvalue weighted by molar-refractivity contribution is 6.39. The van der Waals surface area contributed by atoms with E-state index in [1.54, 1.807) is 25.4 Å². The molecule has 0 unspecified atom stereocenters. The second kappa shape index (κ2) is 8.64. The maximum Gasteiger partial charge on any atom is 0.313 e. The molecule has 0 spiro atoms. The highest BCUT2D eigenvalue weighted by Gasteiger charge is 2.37. The Morgan fingerprint density at radius 2 is 1.93 bits per heavy atom. The van der Waals surface area contributed by atoms with Gasteiger partial charge in [-0.15, -0.1) is 0 Å². The molecule has 1 aromatic heterocycles. The van der Waals surface area contributed by atoms with Crippen LogP contribution in [0, 0.1) is 0 Å². The number of para-hydroxylation sites is 1. The number of nitrogens with zero attached hydrogens (tertiary/aromatic N) is 1. The van der Waals surface area contributed by atoms with Crippen molar-refractivity contribution in [1.29, 1.82) is 0 Å². The summed E-state index contributed by atoms with van der Waals surface area (Å²) in [6.07, 6.45) is 4.55. The summed E-state index contributed by atoms with van der Waals surface area (Å²) in [4.78, 5) is 28.4. The lowest BCUT2D eigenvalue weighted by molar-refractivity contribution is -0.136. The van der Waals surface area contributed by atoms with E-state index in [0.717, 1.165) is 24.2 Å². The lowest BCUT2D eigenvalue weighted by Gasteiger charge is -2.38. The van der Waals surface area contributed by atoms with E-state index in [1.807, 2.05) is 24.3 Å². The first kappa shape index (κ1) is 18.8. The predicted molar refractivity (Wildman–Crippen MR) is 101 cm³/mol. The minimum Gasteiger partial charge on any atom is -0.496 e. The number of methoxy groups -OCH3 is 1. The molecule has 1 aromatic carbocycles. The van der Waals surface area contributed by atoms with Crippen molar-refractivity contribution in [2.45, 2.75) is 18.3 Å². The first-order valence-corrected chi connectivity index (χ1v) is 8.85. The molecule has 0 atom stereocenters. The fourth-order valence-corrected chi connectivity index (χ4v) is 3.34. The molecule has 1 aliphatic rings. The molecule has 0 bridgehead atoms. The Balaban J connectivity index is 1.72. The van der Waals surface area contributed by atoms with Crippen LogP contribution in [-0.2, 0) is 19.7 Å². The van der Waals surface area contributed by atoms with Crippen LogP contribution in [0.4, 0.5) is 5.69 Å². The second-order valence-corrected chi connectivity index (χ2v) is 6.47. The highest BCUT2D eigenvalue weighted by Crippen LogP contribution is 2.39. The zero-order valence-corrected chi connectivity index (χ0v) is 15.2. The third-order valence-corrected chi connectivity index (χ3v) is 4.84. The molecule has 0 radical (unpaired) electrons. The van der Waals surface area contributed by atoms with E-state index < -0.39 is 11.8 Å². The summed E-state index contributed by atoms with van der Waals surface area (Å²) < 4.78 is 11.0. The topological polar surface area (TPSA) is 89.5 Å². The maximum absolute atomic E-state index is 12.3. The number of aromatic nitrogens is 1. The predicted octanol–water partition coefficient (Wildman–Crippen LogP) is 1.89. The Labute approximate surface area is 158 Å². The van der Waals surface area contributed by atoms with Gasteiger partial charge in [0.05, 0.1) is 19.0 Å². The molecule has 1 aliphatic heterocycles. The third-order valence-electron chi connectivity index (χ3n) is 4.84. The number of hydrogen-bond donors (Lipinski definition) is 2. The van der Waals surface area contributed by atoms with Gasteiger partial charge in [0.15, 0.2) is 0 Å². The van der Waals surface area contributed by atoms with Crippen molar-refractivity contribution >= 4 is 17.5 Å². The van der Waals surface area contributed by atoms with Gasteiger partial charge in [0.1, 0.15) is 5.75 Å². The van der Waals surface area contributed by atoms with E-state index in [9.17, 15) is 9.59 Å². The zero-order chi connectivity index (χ0) is 19.1. The van der Waals surface area contributed by atoms with Gasteiger partial charge in [0.2, 0.25) is 0 Å². The number of rotatable bonds is 5. The van der Waals surface area contributed by atoms with Crippen LogP contribution in [0.3, 0.4) is 0 Å². The third kappa shape index (κ3) is 4.43. The van der Waals surface area contributed by atoms with Crippen LogP contribution in [-0.4, -0.2) is 43.7 Å². The normalized spacial score (nSPS) is 15.6. The minimum absolute atomic E-state index is 0.329. The number of hydrogen-bond acceptors (Lipinski definition) is 5. The van der Waals surface area contributed by atoms with Crippen LogP contribution < -0.4 is 15.4 Å². The van der Waals surface area contributed by atoms with Gasteiger partial charge in [-0.3, -0.25) is 14.6 Å². The Hall–Kier alpha value is -2.93. The van der Waals surface area contributed by atoms with Gasteiger partial charge in [-0.1, -0.05) is 18.2 Å². The van der Waals surface area contributed by atoms with Crippen LogP contribution >= 0.6 is 0 Å². The maximum atomic E-state index is 12.3. The number of pyridine rings is 1. The van der Waals surface area contributed by atoms with Crippen molar-refractivity contribution in [3.8, 4) is 5.75 Å². The van der Waals surface area contributed by atoms with Crippen molar-refractivity contribution in [2.75, 3.05) is 32.2 Å². The van der Waals surface area contributed by atoms with Gasteiger partial charge in [0.25, 0.3) is 0 Å². The number of carbonyl (C=O) groups is 2. The van der Waals surface area contributed by atoms with E-state index in [2.05, 4.69) is 15.6 Å². The molecule has 1 fully saturated rings. The van der Waals surface area contributed by atoms with Crippen molar-refractivity contribution in [1.82, 2.24) is 10.3 Å². The molecule has 2 aromatic rings. The Morgan fingerprint density at radius 3 is 2.63 bits per heavy atom. The lowest BCUT2D eigenvalue weighted by Crippen LogP contribution is -2.47. The number of benzene rings is 1. The van der Waals surface area contributed by atoms with Crippen molar-refractivity contribution in [3.63, 3.8) is 0 Å². The first-order chi connectivity index (χ1) is 13.1. The van der Waals surface area contributed by atoms with Crippen LogP contribution in [0.15, 0.2) is 48.8 Å². The average Bonchev–Trinajstić information content (AvgIpc) is 2.73. The van der Waals surface area contributed by atoms with Gasteiger partial charge in [-0.05, 0) is 31.0 Å². The van der Waals surface area contributed by atoms with Gasteiger partial charge < -0.3 is 20.1 Å². The average molecular weight is 369 g/mol. The van der Waals surface area contributed by atoms with Crippen LogP contribution in [0.2, 0.25) is 0 Å². The van der Waals surface area contributed by atoms with Gasteiger partial charge in [-0.25, -0.2) is 0 Å². The van der Waals surface area contributed by atoms with Crippen molar-refractivity contribution in [3.05, 3.63) is 54.4 Å². The Kier molecular flexibility index (Phi) is 6.03. The fourth-order valence-electron chi connectivity index (χ4n) is 3.34. The van der Waals surface area contributed by atoms with Gasteiger partial charge in [0, 0.05) is 36.9 Å². The largest absolute Gasteiger partial charge is 0.496 e. The molecule has 0 saturated carbocycles. The number of carbonyl (C=O) groups excluding carboxylic acids is 2. The molecule has 3 rings (SSSR count). The SMILES string of the molecule is COc1ccccc1C1(CNC(=O)C(=O)Nc2cccnc2)CCOCC1. The molecular formula is C20H23N3O4. The summed E-state index contributed by atoms with van der Waals surface area (Å²) in [6, 6.07) is 11.1. The number of ether oxygens (including phenoxy) is 2. The number of nitrogens with one attached hydrogen (secondary N) is 2. The molecule has 7 heteroatoms. The summed E-state index contributed by atoms with van der Waals surface area (Å²) in [5, 5.41) is 5.32. The lowest BCUT2D eigenvalue weighted by atomic mass is 9.73. The van der Waals surface area contributed by atoms with Crippen LogP contribution in [0.25, 0.3) is 0 Å². The second-order valence-electron chi connectivity index (χ2n) is 6.47. The molecule has 27 heavy (non-hydrogen) atoms. The van der Waals surface area contributed by atoms with E-state index in [1.165, 1.54) is 6.20 Å². The van der Waals surface area contributed by atoms with Crippen molar-refractivity contribution in [2.24, 2.45) is 0 Å². The monoisotopic (exact) mass is 369 g/mol. The Bertz CT molecular complexity index is 789. The number of amides is 2. The Morgan fingerprint density at radius 1 is 1.15 bits per heavy atom. The fraction of sp³-hybridized carbons (Fsp3) is 0.350. The molecule has 2 N–H and O–H groups in total. The smallest absolute Gasteiger partial charge is 0.313 e. The highest BCUT2D eigenvalue weighted by atomic mass is 16.5. The summed E-state index contributed by atoms with van der Waals surface area (Å²) in [6.45, 7) is 1.52. The minimum atomic E-state index is -0.717. The molecule has 0 aliphatic carbocycles. The molecule has 1 saturated heterocycles. The molecule has 2 amide bonds. The quantitative estimate of drug-likeness (QED) is 0.786. The first-order valence-electron chi connectivity index (χ1n) is 8.85. The van der Waals surface area contributed by atoms with Gasteiger partial charge >= 0.3 is 11.8 Å². The van der Waals surface area contributed by atoms with Crippen molar-refractivity contribution < 1.29 is 19.1 Å². The van der Waals surface area contributed by atoms with E-state index in [0.29, 0.717) is 25.4 Å². The molecule has 7 nitrogen and oxygen atoms in total. The van der Waals surface area contributed by atoms with E-state index in [-0.39, 0.29) is 5.41 Å².